The van der Waals surface area contributed by atoms with E-state index >= 15 is 0 Å². The number of carbonyl (C=O) groups is 1. The Morgan fingerprint density at radius 2 is 1.75 bits per heavy atom. The first-order valence-electron chi connectivity index (χ1n) is 9.54. The summed E-state index contributed by atoms with van der Waals surface area (Å²) in [5.41, 5.74) is 2.53. The van der Waals surface area contributed by atoms with Crippen LogP contribution in [0, 0.1) is 0 Å². The molecule has 182 valence electrons. The third kappa shape index (κ3) is 8.13. The van der Waals surface area contributed by atoms with Crippen molar-refractivity contribution in [2.24, 2.45) is 0 Å². The van der Waals surface area contributed by atoms with E-state index in [1.165, 1.54) is 35.1 Å². The smallest absolute Gasteiger partial charge is 0.788 e. The van der Waals surface area contributed by atoms with Crippen LogP contribution >= 0.6 is 7.82 Å². The van der Waals surface area contributed by atoms with Gasteiger partial charge < -0.3 is 14.4 Å². The van der Waals surface area contributed by atoms with Gasteiger partial charge in [0, 0.05) is 24.4 Å². The van der Waals surface area contributed by atoms with Crippen LogP contribution in [0.1, 0.15) is 13.3 Å². The van der Waals surface area contributed by atoms with Gasteiger partial charge in [0.25, 0.3) is 11.5 Å². The maximum absolute atomic E-state index is 12.6. The molecule has 0 saturated carbocycles. The number of hydroxylamine groups is 1. The second kappa shape index (κ2) is 13.0. The summed E-state index contributed by atoms with van der Waals surface area (Å²) in [4.78, 5) is 51.7. The molecule has 2 heterocycles. The minimum absolute atomic E-state index is 0. The summed E-state index contributed by atoms with van der Waals surface area (Å²) in [6, 6.07) is 8.17. The number of nitrogens with one attached hydrogen (secondary N) is 1. The molecule has 0 aliphatic rings. The quantitative estimate of drug-likeness (QED) is 0.149. The first-order chi connectivity index (χ1) is 15.8. The van der Waals surface area contributed by atoms with E-state index in [4.69, 9.17) is 0 Å². The van der Waals surface area contributed by atoms with Crippen LogP contribution in [-0.4, -0.2) is 49.9 Å². The predicted octanol–water partition coefficient (Wildman–Crippen LogP) is -7.43. The number of nitrogens with zero attached hydrogens (tertiary/aromatic N) is 5. The zero-order valence-corrected chi connectivity index (χ0v) is 25.6. The molecule has 0 spiro atoms. The van der Waals surface area contributed by atoms with Gasteiger partial charge in [-0.1, -0.05) is 12.1 Å². The van der Waals surface area contributed by atoms with Gasteiger partial charge in [-0.15, -0.1) is 0 Å². The van der Waals surface area contributed by atoms with E-state index in [-0.39, 0.29) is 65.7 Å². The Hall–Kier alpha value is -1.23. The van der Waals surface area contributed by atoms with Crippen molar-refractivity contribution in [3.05, 3.63) is 59.4 Å². The molecule has 2 aromatic heterocycles. The monoisotopic (exact) mass is 556 g/mol. The van der Waals surface area contributed by atoms with Crippen molar-refractivity contribution in [2.45, 2.75) is 24.6 Å². The number of carbonyl (C=O) groups excluding carboxylic acids is 1. The molecular weight excluding hydrogens is 537 g/mol. The molecule has 1 N–H and O–H groups in total. The van der Waals surface area contributed by atoms with Gasteiger partial charge in [-0.25, -0.2) is 23.5 Å². The van der Waals surface area contributed by atoms with E-state index in [9.17, 15) is 32.4 Å². The third-order valence-electron chi connectivity index (χ3n) is 5.07. The van der Waals surface area contributed by atoms with Crippen LogP contribution in [0.2, 0.25) is 0 Å². The van der Waals surface area contributed by atoms with Gasteiger partial charge in [-0.2, -0.15) is 15.0 Å². The Balaban J connectivity index is 0.00000324. The maximum atomic E-state index is 12.6. The molecule has 0 saturated heterocycles. The Bertz CT molecular complexity index is 1400. The number of hydrogen-bond acceptors (Lipinski definition) is 11. The molecule has 3 rings (SSSR count). The van der Waals surface area contributed by atoms with Crippen molar-refractivity contribution in [1.82, 2.24) is 30.0 Å². The van der Waals surface area contributed by atoms with Crippen molar-refractivity contribution in [1.29, 1.82) is 0 Å². The molecule has 0 unspecified atom stereocenters. The van der Waals surface area contributed by atoms with Gasteiger partial charge in [0.2, 0.25) is 0 Å². The Morgan fingerprint density at radius 1 is 1.17 bits per heavy atom. The Morgan fingerprint density at radius 3 is 2.25 bits per heavy atom. The number of aryl methyl sites for hydroxylation is 1. The SMILES string of the molecule is C[C@@](CCn1cnc(-c2ccc(-n3nccn3)cc2)cc1=O)(C(=O)NOP(=O)([O-])[O-])S(C)(=O)=O.[Na+].[Na+]. The van der Waals surface area contributed by atoms with E-state index < -0.39 is 40.3 Å². The minimum Gasteiger partial charge on any atom is -0.788 e. The van der Waals surface area contributed by atoms with Crippen molar-refractivity contribution >= 4 is 23.6 Å². The average molecular weight is 556 g/mol. The Kier molecular flexibility index (Phi) is 11.9. The van der Waals surface area contributed by atoms with Crippen LogP contribution < -0.4 is 79.9 Å². The van der Waals surface area contributed by atoms with Crippen LogP contribution in [0.4, 0.5) is 0 Å². The molecule has 36 heavy (non-hydrogen) atoms. The van der Waals surface area contributed by atoms with Crippen molar-refractivity contribution in [3.8, 4) is 16.9 Å². The fraction of sp³-hybridized carbons (Fsp3) is 0.278. The van der Waals surface area contributed by atoms with Crippen LogP contribution in [0.5, 0.6) is 0 Å². The fourth-order valence-electron chi connectivity index (χ4n) is 2.87. The normalized spacial score (nSPS) is 13.1. The molecule has 0 fully saturated rings. The van der Waals surface area contributed by atoms with Crippen molar-refractivity contribution < 1.29 is 91.3 Å². The molecule has 1 aromatic carbocycles. The van der Waals surface area contributed by atoms with Gasteiger partial charge >= 0.3 is 59.1 Å². The molecule has 0 aliphatic carbocycles. The number of phosphoric acid groups is 1. The summed E-state index contributed by atoms with van der Waals surface area (Å²) in [6.45, 7) is 0.768. The average Bonchev–Trinajstić information content (AvgIpc) is 3.30. The molecule has 18 heteroatoms. The first-order valence-corrected chi connectivity index (χ1v) is 12.9. The first kappa shape index (κ1) is 32.8. The van der Waals surface area contributed by atoms with Crippen LogP contribution in [-0.2, 0) is 30.4 Å². The van der Waals surface area contributed by atoms with Gasteiger partial charge in [0.1, 0.15) is 0 Å². The largest absolute Gasteiger partial charge is 1.00 e. The molecule has 0 aliphatic heterocycles. The third-order valence-corrected chi connectivity index (χ3v) is 7.41. The van der Waals surface area contributed by atoms with Crippen molar-refractivity contribution in [2.75, 3.05) is 6.26 Å². The fourth-order valence-corrected chi connectivity index (χ4v) is 3.91. The van der Waals surface area contributed by atoms with E-state index in [0.717, 1.165) is 17.7 Å². The number of amides is 1. The van der Waals surface area contributed by atoms with Gasteiger partial charge in [0.15, 0.2) is 14.6 Å². The summed E-state index contributed by atoms with van der Waals surface area (Å²) in [6.07, 6.45) is 4.59. The summed E-state index contributed by atoms with van der Waals surface area (Å²) in [5, 5.41) is 8.04. The molecule has 1 amide bonds. The molecule has 14 nitrogen and oxygen atoms in total. The molecule has 1 atom stereocenters. The minimum atomic E-state index is -5.58. The zero-order valence-electron chi connectivity index (χ0n) is 19.9. The molecular formula is C18H19N6Na2O8PS. The summed E-state index contributed by atoms with van der Waals surface area (Å²) in [7, 11) is -9.70. The summed E-state index contributed by atoms with van der Waals surface area (Å²) >= 11 is 0. The number of benzene rings is 1. The molecule has 0 radical (unpaired) electrons. The maximum Gasteiger partial charge on any atom is 1.00 e. The second-order valence-electron chi connectivity index (χ2n) is 7.39. The van der Waals surface area contributed by atoms with Gasteiger partial charge in [-0.05, 0) is 25.5 Å². The van der Waals surface area contributed by atoms with Crippen LogP contribution in [0.25, 0.3) is 16.9 Å². The summed E-state index contributed by atoms with van der Waals surface area (Å²) < 4.78 is 37.6. The van der Waals surface area contributed by atoms with Gasteiger partial charge in [-0.3, -0.25) is 14.2 Å². The Labute approximate surface area is 250 Å². The zero-order chi connectivity index (χ0) is 25.1. The molecule has 0 bridgehead atoms. The number of rotatable bonds is 9. The number of hydrogen-bond donors (Lipinski definition) is 1. The van der Waals surface area contributed by atoms with Crippen LogP contribution in [0.15, 0.2) is 53.8 Å². The van der Waals surface area contributed by atoms with E-state index in [2.05, 4.69) is 19.8 Å². The molecule has 3 aromatic rings. The van der Waals surface area contributed by atoms with Crippen molar-refractivity contribution in [3.63, 3.8) is 0 Å². The predicted molar refractivity (Wildman–Crippen MR) is 114 cm³/mol. The van der Waals surface area contributed by atoms with E-state index in [0.29, 0.717) is 16.9 Å². The number of aromatic nitrogens is 5. The summed E-state index contributed by atoms with van der Waals surface area (Å²) in [5.74, 6) is -1.37. The standard InChI is InChI=1S/C18H21N6O8PS.2Na/c1-18(34(2,30)31,17(26)22-32-33(27,28)29)7-10-23-12-19-15(11-16(23)25)13-3-5-14(6-4-13)24-20-8-9-21-24;;/h3-6,8-9,11-12H,7,10H2,1-2H3,(H,22,26)(H2,27,28,29);;/q;2*+1/p-2/t18-;;/m1../s1. The second-order valence-corrected chi connectivity index (χ2v) is 10.9. The number of sulfone groups is 1. The van der Waals surface area contributed by atoms with Crippen LogP contribution in [0.3, 0.4) is 0 Å². The van der Waals surface area contributed by atoms with E-state index in [1.54, 1.807) is 24.3 Å². The van der Waals surface area contributed by atoms with E-state index in [1.807, 2.05) is 0 Å². The van der Waals surface area contributed by atoms with Gasteiger partial charge in [0.05, 0.1) is 37.9 Å². The topological polar surface area (TPSA) is 201 Å².